The number of nitrogens with one attached hydrogen (secondary N) is 1. The lowest BCUT2D eigenvalue weighted by molar-refractivity contribution is -0.116. The second kappa shape index (κ2) is 9.70. The summed E-state index contributed by atoms with van der Waals surface area (Å²) >= 11 is 0. The molecule has 0 aliphatic rings. The van der Waals surface area contributed by atoms with Crippen molar-refractivity contribution in [3.05, 3.63) is 24.3 Å². The van der Waals surface area contributed by atoms with Crippen LogP contribution in [0.2, 0.25) is 0 Å². The van der Waals surface area contributed by atoms with Crippen LogP contribution in [0.4, 0.5) is 5.69 Å². The molecule has 8 heteroatoms. The Morgan fingerprint density at radius 1 is 1.23 bits per heavy atom. The van der Waals surface area contributed by atoms with E-state index >= 15 is 0 Å². The van der Waals surface area contributed by atoms with E-state index in [1.807, 2.05) is 24.3 Å². The highest BCUT2D eigenvalue weighted by Crippen LogP contribution is 2.15. The Kier molecular flexibility index (Phi) is 8.29. The normalized spacial score (nSPS) is 11.2. The van der Waals surface area contributed by atoms with E-state index in [0.29, 0.717) is 12.8 Å². The Balaban J connectivity index is 2.06. The van der Waals surface area contributed by atoms with Crippen LogP contribution in [0, 0.1) is 0 Å². The van der Waals surface area contributed by atoms with Crippen molar-refractivity contribution in [1.29, 1.82) is 0 Å². The van der Waals surface area contributed by atoms with Crippen molar-refractivity contribution in [3.63, 3.8) is 0 Å². The number of anilines is 1. The maximum absolute atomic E-state index is 11.4. The van der Waals surface area contributed by atoms with E-state index in [0.717, 1.165) is 30.8 Å². The molecule has 1 aromatic carbocycles. The molecule has 0 heterocycles. The maximum atomic E-state index is 11.4. The van der Waals surface area contributed by atoms with E-state index in [4.69, 9.17) is 4.74 Å². The molecule has 6 nitrogen and oxygen atoms in total. The molecular weight excluding hydrogens is 326 g/mol. The van der Waals surface area contributed by atoms with Gasteiger partial charge in [-0.1, -0.05) is 6.42 Å². The second-order valence-electron chi connectivity index (χ2n) is 4.68. The average Bonchev–Trinajstić information content (AvgIpc) is 2.48. The third kappa shape index (κ3) is 8.91. The predicted octanol–water partition coefficient (Wildman–Crippen LogP) is 2.43. The topological polar surface area (TPSA) is 95.5 Å². The van der Waals surface area contributed by atoms with E-state index < -0.39 is 9.15 Å². The van der Waals surface area contributed by atoms with Gasteiger partial charge < -0.3 is 14.6 Å². The fourth-order valence-corrected chi connectivity index (χ4v) is 3.02. The first-order chi connectivity index (χ1) is 10.4. The number of carbonyl (C=O) groups excluding carboxylic acids is 1. The van der Waals surface area contributed by atoms with Crippen LogP contribution in [0.25, 0.3) is 0 Å². The van der Waals surface area contributed by atoms with Crippen LogP contribution >= 0.6 is 10.8 Å². The van der Waals surface area contributed by atoms with E-state index in [1.165, 1.54) is 0 Å². The third-order valence-electron chi connectivity index (χ3n) is 2.92. The van der Waals surface area contributed by atoms with Crippen LogP contribution in [-0.2, 0) is 13.9 Å². The molecule has 0 fully saturated rings. The minimum Gasteiger partial charge on any atom is -0.739 e. The highest BCUT2D eigenvalue weighted by molar-refractivity contribution is 8.70. The summed E-state index contributed by atoms with van der Waals surface area (Å²) in [7, 11) is -2.59. The van der Waals surface area contributed by atoms with Gasteiger partial charge in [-0.25, -0.2) is 8.42 Å². The predicted molar refractivity (Wildman–Crippen MR) is 87.1 cm³/mol. The average molecular weight is 346 g/mol. The summed E-state index contributed by atoms with van der Waals surface area (Å²) < 4.78 is 36.2. The van der Waals surface area contributed by atoms with Crippen molar-refractivity contribution in [2.24, 2.45) is 0 Å². The van der Waals surface area contributed by atoms with Gasteiger partial charge in [-0.15, -0.1) is 0 Å². The van der Waals surface area contributed by atoms with Crippen LogP contribution < -0.4 is 10.1 Å². The molecule has 0 saturated carbocycles. The fourth-order valence-electron chi connectivity index (χ4n) is 1.78. The Hall–Kier alpha value is -1.25. The molecule has 0 radical (unpaired) electrons. The Labute approximate surface area is 134 Å². The van der Waals surface area contributed by atoms with Crippen molar-refractivity contribution in [1.82, 2.24) is 0 Å². The van der Waals surface area contributed by atoms with Crippen LogP contribution in [0.5, 0.6) is 5.75 Å². The smallest absolute Gasteiger partial charge is 0.149 e. The number of ether oxygens (including phenoxy) is 1. The molecule has 0 amide bonds. The molecule has 1 N–H and O–H groups in total. The zero-order valence-electron chi connectivity index (χ0n) is 12.4. The fraction of sp³-hybridized carbons (Fsp3) is 0.500. The molecule has 0 aliphatic heterocycles. The first-order valence-corrected chi connectivity index (χ1v) is 9.81. The first-order valence-electron chi connectivity index (χ1n) is 6.90. The summed E-state index contributed by atoms with van der Waals surface area (Å²) in [4.78, 5) is 11.4. The number of benzene rings is 1. The number of Topliss-reactive ketones (excluding diaryl/α,β-unsaturated/α-hetero) is 1. The van der Waals surface area contributed by atoms with E-state index in [9.17, 15) is 17.8 Å². The van der Waals surface area contributed by atoms with Gasteiger partial charge in [0.1, 0.15) is 20.7 Å². The minimum atomic E-state index is -4.37. The monoisotopic (exact) mass is 346 g/mol. The van der Waals surface area contributed by atoms with E-state index in [2.05, 4.69) is 5.32 Å². The summed E-state index contributed by atoms with van der Waals surface area (Å²) in [5.74, 6) is 0.352. The third-order valence-corrected chi connectivity index (χ3v) is 4.86. The van der Waals surface area contributed by atoms with Gasteiger partial charge in [0.2, 0.25) is 0 Å². The second-order valence-corrected chi connectivity index (χ2v) is 7.95. The molecule has 0 atom stereocenters. The standard InChI is InChI=1S/C14H21NO5S2/c1-20-14-8-6-12(7-9-14)15-10-4-2-3-5-13(16)11-21-22(17,18)19/h6-9,15H,2-5,10-11H2,1H3,(H,17,18,19)/p-1. The molecule has 1 rings (SSSR count). The molecule has 0 saturated heterocycles. The number of carbonyl (C=O) groups is 1. The summed E-state index contributed by atoms with van der Waals surface area (Å²) in [6.45, 7) is 0.796. The quantitative estimate of drug-likeness (QED) is 0.373. The van der Waals surface area contributed by atoms with Crippen molar-refractivity contribution >= 4 is 31.4 Å². The van der Waals surface area contributed by atoms with Crippen LogP contribution in [-0.4, -0.2) is 38.2 Å². The van der Waals surface area contributed by atoms with Gasteiger partial charge >= 0.3 is 0 Å². The molecule has 0 aromatic heterocycles. The number of hydrogen-bond acceptors (Lipinski definition) is 7. The number of methoxy groups -OCH3 is 1. The van der Waals surface area contributed by atoms with Gasteiger partial charge in [0.25, 0.3) is 0 Å². The molecule has 124 valence electrons. The Bertz CT molecular complexity index is 557. The molecule has 0 unspecified atom stereocenters. The van der Waals surface area contributed by atoms with E-state index in [-0.39, 0.29) is 22.3 Å². The lowest BCUT2D eigenvalue weighted by atomic mass is 10.1. The molecule has 0 bridgehead atoms. The molecule has 0 spiro atoms. The van der Waals surface area contributed by atoms with Crippen LogP contribution in [0.3, 0.4) is 0 Å². The Morgan fingerprint density at radius 3 is 2.50 bits per heavy atom. The zero-order valence-corrected chi connectivity index (χ0v) is 14.0. The summed E-state index contributed by atoms with van der Waals surface area (Å²) in [5.41, 5.74) is 1.01. The Morgan fingerprint density at radius 2 is 1.91 bits per heavy atom. The molecule has 0 aliphatic carbocycles. The SMILES string of the molecule is COc1ccc(NCCCCCC(=O)CSS(=O)(=O)[O-])cc1. The zero-order chi connectivity index (χ0) is 16.4. The van der Waals surface area contributed by atoms with Gasteiger partial charge in [0.15, 0.2) is 0 Å². The number of rotatable bonds is 11. The van der Waals surface area contributed by atoms with Gasteiger partial charge in [-0.2, -0.15) is 0 Å². The van der Waals surface area contributed by atoms with Crippen molar-refractivity contribution in [2.45, 2.75) is 25.7 Å². The highest BCUT2D eigenvalue weighted by Gasteiger charge is 2.05. The number of hydrogen-bond donors (Lipinski definition) is 1. The maximum Gasteiger partial charge on any atom is 0.149 e. The van der Waals surface area contributed by atoms with Crippen LogP contribution in [0.1, 0.15) is 25.7 Å². The largest absolute Gasteiger partial charge is 0.739 e. The van der Waals surface area contributed by atoms with Crippen molar-refractivity contribution < 1.29 is 22.5 Å². The molecule has 1 aromatic rings. The lowest BCUT2D eigenvalue weighted by Crippen LogP contribution is -2.05. The summed E-state index contributed by atoms with van der Waals surface area (Å²) in [6, 6.07) is 7.62. The molecular formula is C14H20NO5S2-. The van der Waals surface area contributed by atoms with Crippen molar-refractivity contribution in [2.75, 3.05) is 24.7 Å². The highest BCUT2D eigenvalue weighted by atomic mass is 33.1. The van der Waals surface area contributed by atoms with E-state index in [1.54, 1.807) is 7.11 Å². The molecule has 22 heavy (non-hydrogen) atoms. The van der Waals surface area contributed by atoms with Crippen LogP contribution in [0.15, 0.2) is 24.3 Å². The lowest BCUT2D eigenvalue weighted by Gasteiger charge is -2.07. The van der Waals surface area contributed by atoms with Gasteiger partial charge in [-0.05, 0) is 47.9 Å². The number of unbranched alkanes of at least 4 members (excludes halogenated alkanes) is 2. The van der Waals surface area contributed by atoms with Gasteiger partial charge in [0, 0.05) is 18.7 Å². The number of ketones is 1. The summed E-state index contributed by atoms with van der Waals surface area (Å²) in [6.07, 6.45) is 2.78. The van der Waals surface area contributed by atoms with Gasteiger partial charge in [-0.3, -0.25) is 4.79 Å². The minimum absolute atomic E-state index is 0.155. The summed E-state index contributed by atoms with van der Waals surface area (Å²) in [5, 5.41) is 3.26. The first kappa shape index (κ1) is 18.8. The van der Waals surface area contributed by atoms with Gasteiger partial charge in [0.05, 0.1) is 12.9 Å². The van der Waals surface area contributed by atoms with Crippen molar-refractivity contribution in [3.8, 4) is 5.75 Å².